The average Bonchev–Trinajstić information content (AvgIpc) is 2.43. The summed E-state index contributed by atoms with van der Waals surface area (Å²) in [6.07, 6.45) is 0.677. The number of ether oxygens (including phenoxy) is 1. The highest BCUT2D eigenvalue weighted by Crippen LogP contribution is 2.18. The van der Waals surface area contributed by atoms with Crippen molar-refractivity contribution >= 4 is 15.7 Å². The molecule has 1 rings (SSSR count). The second kappa shape index (κ2) is 8.24. The summed E-state index contributed by atoms with van der Waals surface area (Å²) >= 11 is 0. The van der Waals surface area contributed by atoms with Crippen molar-refractivity contribution in [3.8, 4) is 0 Å². The van der Waals surface area contributed by atoms with Gasteiger partial charge in [-0.15, -0.1) is 0 Å². The molecule has 0 amide bonds. The molecule has 2 N–H and O–H groups in total. The second-order valence-electron chi connectivity index (χ2n) is 4.67. The second-order valence-corrected chi connectivity index (χ2v) is 6.76. The Morgan fingerprint density at radius 1 is 1.30 bits per heavy atom. The lowest BCUT2D eigenvalue weighted by molar-refractivity contribution is 0.202. The highest BCUT2D eigenvalue weighted by molar-refractivity contribution is 7.93. The SMILES string of the molecule is CCNCC(C)S(=O)(=O)Nc1ccccc1CCOC. The molecule has 6 heteroatoms. The third-order valence-electron chi connectivity index (χ3n) is 3.06. The summed E-state index contributed by atoms with van der Waals surface area (Å²) in [5.74, 6) is 0. The molecule has 0 bridgehead atoms. The van der Waals surface area contributed by atoms with E-state index in [-0.39, 0.29) is 0 Å². The Morgan fingerprint density at radius 2 is 2.00 bits per heavy atom. The predicted molar refractivity (Wildman–Crippen MR) is 82.6 cm³/mol. The minimum atomic E-state index is -3.39. The maximum Gasteiger partial charge on any atom is 0.236 e. The van der Waals surface area contributed by atoms with E-state index < -0.39 is 15.3 Å². The van der Waals surface area contributed by atoms with Crippen molar-refractivity contribution < 1.29 is 13.2 Å². The van der Waals surface area contributed by atoms with Crippen LogP contribution in [0, 0.1) is 0 Å². The van der Waals surface area contributed by atoms with E-state index in [1.54, 1.807) is 20.1 Å². The van der Waals surface area contributed by atoms with E-state index in [1.165, 1.54) is 0 Å². The maximum absolute atomic E-state index is 12.2. The maximum atomic E-state index is 12.2. The molecule has 0 saturated carbocycles. The van der Waals surface area contributed by atoms with E-state index >= 15 is 0 Å². The Hall–Kier alpha value is -1.11. The van der Waals surface area contributed by atoms with Gasteiger partial charge < -0.3 is 10.1 Å². The molecule has 0 aliphatic rings. The van der Waals surface area contributed by atoms with Gasteiger partial charge in [-0.05, 0) is 31.5 Å². The van der Waals surface area contributed by atoms with Crippen LogP contribution in [0.4, 0.5) is 5.69 Å². The number of benzene rings is 1. The molecule has 1 aromatic rings. The van der Waals surface area contributed by atoms with E-state index in [2.05, 4.69) is 10.0 Å². The molecule has 20 heavy (non-hydrogen) atoms. The summed E-state index contributed by atoms with van der Waals surface area (Å²) in [7, 11) is -1.76. The first-order valence-corrected chi connectivity index (χ1v) is 8.35. The predicted octanol–water partition coefficient (Wildman–Crippen LogP) is 1.62. The minimum absolute atomic E-state index is 0.437. The van der Waals surface area contributed by atoms with E-state index in [4.69, 9.17) is 4.74 Å². The van der Waals surface area contributed by atoms with E-state index in [0.29, 0.717) is 25.3 Å². The van der Waals surface area contributed by atoms with Crippen LogP contribution in [-0.4, -0.2) is 40.5 Å². The van der Waals surface area contributed by atoms with Crippen LogP contribution in [0.3, 0.4) is 0 Å². The van der Waals surface area contributed by atoms with Gasteiger partial charge in [0.15, 0.2) is 0 Å². The molecule has 0 radical (unpaired) electrons. The molecule has 0 aliphatic heterocycles. The Morgan fingerprint density at radius 3 is 2.65 bits per heavy atom. The highest BCUT2D eigenvalue weighted by Gasteiger charge is 2.21. The first-order valence-electron chi connectivity index (χ1n) is 6.80. The number of hydrogen-bond acceptors (Lipinski definition) is 4. The summed E-state index contributed by atoms with van der Waals surface area (Å²) < 4.78 is 32.2. The van der Waals surface area contributed by atoms with Crippen molar-refractivity contribution in [2.75, 3.05) is 31.5 Å². The van der Waals surface area contributed by atoms with Crippen LogP contribution < -0.4 is 10.0 Å². The van der Waals surface area contributed by atoms with Crippen molar-refractivity contribution in [1.82, 2.24) is 5.32 Å². The molecule has 0 spiro atoms. The van der Waals surface area contributed by atoms with Gasteiger partial charge in [-0.2, -0.15) is 0 Å². The summed E-state index contributed by atoms with van der Waals surface area (Å²) in [4.78, 5) is 0. The first kappa shape index (κ1) is 16.9. The zero-order chi connectivity index (χ0) is 15.0. The molecule has 0 heterocycles. The van der Waals surface area contributed by atoms with E-state index in [0.717, 1.165) is 12.1 Å². The summed E-state index contributed by atoms with van der Waals surface area (Å²) in [6, 6.07) is 7.41. The van der Waals surface area contributed by atoms with Gasteiger partial charge in [0.25, 0.3) is 0 Å². The van der Waals surface area contributed by atoms with Gasteiger partial charge in [0.2, 0.25) is 10.0 Å². The third-order valence-corrected chi connectivity index (χ3v) is 4.79. The molecular formula is C14H24N2O3S. The third kappa shape index (κ3) is 5.11. The van der Waals surface area contributed by atoms with Crippen molar-refractivity contribution in [1.29, 1.82) is 0 Å². The van der Waals surface area contributed by atoms with Gasteiger partial charge in [0.1, 0.15) is 0 Å². The molecule has 5 nitrogen and oxygen atoms in total. The van der Waals surface area contributed by atoms with Gasteiger partial charge in [-0.25, -0.2) is 8.42 Å². The van der Waals surface area contributed by atoms with Crippen molar-refractivity contribution in [2.24, 2.45) is 0 Å². The summed E-state index contributed by atoms with van der Waals surface area (Å²) in [5.41, 5.74) is 1.57. The van der Waals surface area contributed by atoms with Crippen LogP contribution in [0.15, 0.2) is 24.3 Å². The minimum Gasteiger partial charge on any atom is -0.384 e. The molecule has 0 aromatic heterocycles. The number of sulfonamides is 1. The molecule has 0 aliphatic carbocycles. The lowest BCUT2D eigenvalue weighted by Crippen LogP contribution is -2.34. The normalized spacial score (nSPS) is 13.2. The number of nitrogens with one attached hydrogen (secondary N) is 2. The number of methoxy groups -OCH3 is 1. The van der Waals surface area contributed by atoms with Crippen molar-refractivity contribution in [2.45, 2.75) is 25.5 Å². The van der Waals surface area contributed by atoms with Gasteiger partial charge >= 0.3 is 0 Å². The lowest BCUT2D eigenvalue weighted by atomic mass is 10.1. The van der Waals surface area contributed by atoms with Crippen LogP contribution in [0.25, 0.3) is 0 Å². The fourth-order valence-electron chi connectivity index (χ4n) is 1.76. The van der Waals surface area contributed by atoms with Crippen LogP contribution in [0.2, 0.25) is 0 Å². The Kier molecular flexibility index (Phi) is 6.98. The fraction of sp³-hybridized carbons (Fsp3) is 0.571. The van der Waals surface area contributed by atoms with Crippen molar-refractivity contribution in [3.63, 3.8) is 0 Å². The zero-order valence-corrected chi connectivity index (χ0v) is 13.2. The Bertz CT molecular complexity index is 503. The zero-order valence-electron chi connectivity index (χ0n) is 12.3. The molecule has 0 fully saturated rings. The van der Waals surface area contributed by atoms with Gasteiger partial charge in [0.05, 0.1) is 17.5 Å². The Labute approximate surface area is 121 Å². The quantitative estimate of drug-likeness (QED) is 0.727. The van der Waals surface area contributed by atoms with E-state index in [9.17, 15) is 8.42 Å². The van der Waals surface area contributed by atoms with Crippen LogP contribution in [0.5, 0.6) is 0 Å². The first-order chi connectivity index (χ1) is 9.51. The van der Waals surface area contributed by atoms with Gasteiger partial charge in [0, 0.05) is 13.7 Å². The standard InChI is InChI=1S/C14H24N2O3S/c1-4-15-11-12(2)20(17,18)16-14-8-6-5-7-13(14)9-10-19-3/h5-8,12,15-16H,4,9-11H2,1-3H3. The Balaban J connectivity index is 2.81. The highest BCUT2D eigenvalue weighted by atomic mass is 32.2. The topological polar surface area (TPSA) is 67.4 Å². The molecule has 0 saturated heterocycles. The van der Waals surface area contributed by atoms with Crippen LogP contribution in [-0.2, 0) is 21.2 Å². The molecule has 1 aromatic carbocycles. The monoisotopic (exact) mass is 300 g/mol. The number of anilines is 1. The summed E-state index contributed by atoms with van der Waals surface area (Å²) in [6.45, 7) is 5.40. The van der Waals surface area contributed by atoms with Crippen LogP contribution >= 0.6 is 0 Å². The molecule has 1 unspecified atom stereocenters. The van der Waals surface area contributed by atoms with Gasteiger partial charge in [-0.1, -0.05) is 25.1 Å². The molecular weight excluding hydrogens is 276 g/mol. The largest absolute Gasteiger partial charge is 0.384 e. The number of para-hydroxylation sites is 1. The van der Waals surface area contributed by atoms with Gasteiger partial charge in [-0.3, -0.25) is 4.72 Å². The van der Waals surface area contributed by atoms with Crippen molar-refractivity contribution in [3.05, 3.63) is 29.8 Å². The molecule has 114 valence electrons. The summed E-state index contributed by atoms with van der Waals surface area (Å²) in [5, 5.41) is 2.56. The van der Waals surface area contributed by atoms with Crippen LogP contribution in [0.1, 0.15) is 19.4 Å². The lowest BCUT2D eigenvalue weighted by Gasteiger charge is -2.17. The average molecular weight is 300 g/mol. The fourth-order valence-corrected chi connectivity index (χ4v) is 2.81. The smallest absolute Gasteiger partial charge is 0.236 e. The van der Waals surface area contributed by atoms with E-state index in [1.807, 2.05) is 25.1 Å². The number of hydrogen-bond donors (Lipinski definition) is 2. The molecule has 1 atom stereocenters. The number of rotatable bonds is 9.